The summed E-state index contributed by atoms with van der Waals surface area (Å²) < 4.78 is 0. The second-order valence-electron chi connectivity index (χ2n) is 4.36. The van der Waals surface area contributed by atoms with Gasteiger partial charge in [-0.2, -0.15) is 11.8 Å². The molecule has 0 radical (unpaired) electrons. The summed E-state index contributed by atoms with van der Waals surface area (Å²) in [4.78, 5) is 36.8. The van der Waals surface area contributed by atoms with Gasteiger partial charge in [-0.25, -0.2) is 4.79 Å². The number of hydrogen-bond donors (Lipinski definition) is 0. The van der Waals surface area contributed by atoms with Gasteiger partial charge >= 0.3 is 6.03 Å². The average Bonchev–Trinajstić information content (AvgIpc) is 2.34. The van der Waals surface area contributed by atoms with Crippen LogP contribution in [0.3, 0.4) is 0 Å². The zero-order valence-electron chi connectivity index (χ0n) is 11.0. The Balaban J connectivity index is 2.30. The molecule has 1 rings (SSSR count). The summed E-state index contributed by atoms with van der Waals surface area (Å²) in [6.45, 7) is 0.425. The number of thioether (sulfide) groups is 1. The van der Waals surface area contributed by atoms with E-state index in [-0.39, 0.29) is 12.3 Å². The van der Waals surface area contributed by atoms with Crippen molar-refractivity contribution >= 4 is 29.6 Å². The second kappa shape index (κ2) is 7.41. The smallest absolute Gasteiger partial charge is 0.274 e. The van der Waals surface area contributed by atoms with Crippen LogP contribution in [-0.2, 0) is 9.59 Å². The van der Waals surface area contributed by atoms with Gasteiger partial charge in [0.15, 0.2) is 0 Å². The normalized spacial score (nSPS) is 16.7. The summed E-state index contributed by atoms with van der Waals surface area (Å²) in [7, 11) is 1.42. The number of barbiturate groups is 1. The summed E-state index contributed by atoms with van der Waals surface area (Å²) in [6.07, 6.45) is 6.00. The van der Waals surface area contributed by atoms with E-state index in [1.165, 1.54) is 18.4 Å². The van der Waals surface area contributed by atoms with Crippen molar-refractivity contribution in [3.05, 3.63) is 0 Å². The Morgan fingerprint density at radius 2 is 1.72 bits per heavy atom. The van der Waals surface area contributed by atoms with E-state index in [0.717, 1.165) is 29.9 Å². The van der Waals surface area contributed by atoms with Crippen LogP contribution in [0, 0.1) is 0 Å². The number of unbranched alkanes of at least 4 members (excludes halogenated alkanes) is 3. The average molecular weight is 272 g/mol. The fourth-order valence-corrected chi connectivity index (χ4v) is 2.32. The molecule has 0 aromatic heterocycles. The van der Waals surface area contributed by atoms with Crippen molar-refractivity contribution in [1.82, 2.24) is 9.80 Å². The molecule has 0 unspecified atom stereocenters. The third kappa shape index (κ3) is 4.01. The molecule has 1 aliphatic rings. The molecule has 4 amide bonds. The summed E-state index contributed by atoms with van der Waals surface area (Å²) in [5, 5.41) is 0. The lowest BCUT2D eigenvalue weighted by Crippen LogP contribution is -2.53. The number of nitrogens with zero attached hydrogens (tertiary/aromatic N) is 2. The lowest BCUT2D eigenvalue weighted by Gasteiger charge is -2.30. The molecule has 1 fully saturated rings. The molecule has 18 heavy (non-hydrogen) atoms. The zero-order valence-corrected chi connectivity index (χ0v) is 11.8. The number of hydrogen-bond acceptors (Lipinski definition) is 4. The lowest BCUT2D eigenvalue weighted by molar-refractivity contribution is -0.141. The predicted octanol–water partition coefficient (Wildman–Crippen LogP) is 1.72. The Hall–Kier alpha value is -1.04. The van der Waals surface area contributed by atoms with E-state index in [1.54, 1.807) is 0 Å². The van der Waals surface area contributed by atoms with Crippen LogP contribution in [0.25, 0.3) is 0 Å². The molecule has 0 aromatic rings. The van der Waals surface area contributed by atoms with E-state index < -0.39 is 11.9 Å². The molecule has 5 nitrogen and oxygen atoms in total. The molecule has 0 aromatic carbocycles. The molecule has 1 aliphatic heterocycles. The summed E-state index contributed by atoms with van der Waals surface area (Å²) >= 11 is 1.83. The molecule has 1 saturated heterocycles. The Morgan fingerprint density at radius 1 is 1.06 bits per heavy atom. The van der Waals surface area contributed by atoms with E-state index in [9.17, 15) is 14.4 Å². The van der Waals surface area contributed by atoms with Crippen molar-refractivity contribution < 1.29 is 14.4 Å². The van der Waals surface area contributed by atoms with Gasteiger partial charge < -0.3 is 0 Å². The van der Waals surface area contributed by atoms with E-state index in [4.69, 9.17) is 0 Å². The number of amides is 4. The monoisotopic (exact) mass is 272 g/mol. The van der Waals surface area contributed by atoms with Crippen molar-refractivity contribution in [2.24, 2.45) is 0 Å². The number of rotatable bonds is 7. The highest BCUT2D eigenvalue weighted by Crippen LogP contribution is 2.12. The number of carbonyl (C=O) groups is 3. The Morgan fingerprint density at radius 3 is 2.39 bits per heavy atom. The number of imide groups is 2. The topological polar surface area (TPSA) is 57.7 Å². The van der Waals surface area contributed by atoms with Crippen molar-refractivity contribution in [3.8, 4) is 0 Å². The highest BCUT2D eigenvalue weighted by molar-refractivity contribution is 7.98. The molecule has 0 saturated carbocycles. The Labute approximate surface area is 112 Å². The number of carbonyl (C=O) groups excluding carboxylic acids is 3. The van der Waals surface area contributed by atoms with Crippen LogP contribution in [0.5, 0.6) is 0 Å². The summed E-state index contributed by atoms with van der Waals surface area (Å²) in [6, 6.07) is -0.486. The van der Waals surface area contributed by atoms with Crippen molar-refractivity contribution in [1.29, 1.82) is 0 Å². The van der Waals surface area contributed by atoms with Crippen molar-refractivity contribution in [2.75, 3.05) is 25.6 Å². The van der Waals surface area contributed by atoms with E-state index in [1.807, 2.05) is 11.8 Å². The fraction of sp³-hybridized carbons (Fsp3) is 0.750. The van der Waals surface area contributed by atoms with Crippen LogP contribution in [0.2, 0.25) is 0 Å². The molecule has 0 bridgehead atoms. The van der Waals surface area contributed by atoms with E-state index in [0.29, 0.717) is 6.54 Å². The van der Waals surface area contributed by atoms with Crippen LogP contribution < -0.4 is 0 Å². The van der Waals surface area contributed by atoms with Crippen LogP contribution in [0.4, 0.5) is 4.79 Å². The van der Waals surface area contributed by atoms with Crippen LogP contribution in [-0.4, -0.2) is 53.2 Å². The summed E-state index contributed by atoms with van der Waals surface area (Å²) in [5.74, 6) is 0.368. The lowest BCUT2D eigenvalue weighted by atomic mass is 10.2. The molecule has 0 N–H and O–H groups in total. The van der Waals surface area contributed by atoms with Crippen LogP contribution >= 0.6 is 11.8 Å². The highest BCUT2D eigenvalue weighted by Gasteiger charge is 2.34. The largest absolute Gasteiger partial charge is 0.333 e. The van der Waals surface area contributed by atoms with Crippen molar-refractivity contribution in [3.63, 3.8) is 0 Å². The predicted molar refractivity (Wildman–Crippen MR) is 71.3 cm³/mol. The quantitative estimate of drug-likeness (QED) is 0.523. The van der Waals surface area contributed by atoms with Gasteiger partial charge in [-0.3, -0.25) is 19.4 Å². The molecule has 1 heterocycles. The van der Waals surface area contributed by atoms with Gasteiger partial charge in [-0.1, -0.05) is 12.8 Å². The Kier molecular flexibility index (Phi) is 6.18. The first-order valence-electron chi connectivity index (χ1n) is 6.17. The van der Waals surface area contributed by atoms with Gasteiger partial charge in [0.1, 0.15) is 6.42 Å². The van der Waals surface area contributed by atoms with Gasteiger partial charge in [0.25, 0.3) is 0 Å². The Bertz CT molecular complexity index is 333. The molecular formula is C12H20N2O3S. The van der Waals surface area contributed by atoms with E-state index in [2.05, 4.69) is 6.26 Å². The van der Waals surface area contributed by atoms with Gasteiger partial charge in [-0.05, 0) is 24.9 Å². The van der Waals surface area contributed by atoms with Crippen LogP contribution in [0.1, 0.15) is 32.1 Å². The minimum absolute atomic E-state index is 0.186. The van der Waals surface area contributed by atoms with Gasteiger partial charge in [-0.15, -0.1) is 0 Å². The maximum Gasteiger partial charge on any atom is 0.333 e. The molecule has 0 spiro atoms. The SMILES string of the molecule is CSCCCCCCN1C(=O)CC(=O)N(C)C1=O. The maximum atomic E-state index is 11.7. The number of urea groups is 1. The third-order valence-electron chi connectivity index (χ3n) is 2.98. The van der Waals surface area contributed by atoms with Gasteiger partial charge in [0, 0.05) is 13.6 Å². The standard InChI is InChI=1S/C12H20N2O3S/c1-13-10(15)9-11(16)14(12(13)17)7-5-3-4-6-8-18-2/h3-9H2,1-2H3. The first-order chi connectivity index (χ1) is 8.57. The molecular weight excluding hydrogens is 252 g/mol. The zero-order chi connectivity index (χ0) is 13.5. The van der Waals surface area contributed by atoms with Gasteiger partial charge in [0.05, 0.1) is 0 Å². The first-order valence-corrected chi connectivity index (χ1v) is 7.57. The second-order valence-corrected chi connectivity index (χ2v) is 5.35. The minimum atomic E-state index is -0.486. The molecule has 102 valence electrons. The highest BCUT2D eigenvalue weighted by atomic mass is 32.2. The maximum absolute atomic E-state index is 11.7. The van der Waals surface area contributed by atoms with Gasteiger partial charge in [0.2, 0.25) is 11.8 Å². The summed E-state index contributed by atoms with van der Waals surface area (Å²) in [5.41, 5.74) is 0. The molecule has 0 atom stereocenters. The molecule has 0 aliphatic carbocycles. The van der Waals surface area contributed by atoms with Crippen molar-refractivity contribution in [2.45, 2.75) is 32.1 Å². The van der Waals surface area contributed by atoms with E-state index >= 15 is 0 Å². The minimum Gasteiger partial charge on any atom is -0.274 e. The van der Waals surface area contributed by atoms with Crippen LogP contribution in [0.15, 0.2) is 0 Å². The first kappa shape index (κ1) is 15.0. The third-order valence-corrected chi connectivity index (χ3v) is 3.67. The fourth-order valence-electron chi connectivity index (χ4n) is 1.83. The molecule has 6 heteroatoms.